The van der Waals surface area contributed by atoms with Crippen LogP contribution in [0.25, 0.3) is 0 Å². The van der Waals surface area contributed by atoms with Crippen molar-refractivity contribution in [2.45, 2.75) is 26.4 Å². The Hall–Kier alpha value is -0.610. The zero-order valence-electron chi connectivity index (χ0n) is 8.45. The average Bonchev–Trinajstić information content (AvgIpc) is 2.05. The van der Waals surface area contributed by atoms with Crippen molar-refractivity contribution in [2.75, 3.05) is 20.3 Å². The van der Waals surface area contributed by atoms with Crippen LogP contribution >= 0.6 is 0 Å². The first-order chi connectivity index (χ1) is 6.11. The predicted octanol–water partition coefficient (Wildman–Crippen LogP) is 0.583. The summed E-state index contributed by atoms with van der Waals surface area (Å²) in [6.07, 6.45) is -0.641. The summed E-state index contributed by atoms with van der Waals surface area (Å²) in [6.45, 7) is 4.36. The summed E-state index contributed by atoms with van der Waals surface area (Å²) in [4.78, 5) is 10.9. The first kappa shape index (κ1) is 12.4. The van der Waals surface area contributed by atoms with Crippen LogP contribution in [0.3, 0.4) is 0 Å². The van der Waals surface area contributed by atoms with Crippen LogP contribution in [-0.4, -0.2) is 37.5 Å². The van der Waals surface area contributed by atoms with Crippen LogP contribution in [0.2, 0.25) is 0 Å². The molecule has 0 aromatic carbocycles. The molecule has 0 spiro atoms. The molecule has 2 atom stereocenters. The van der Waals surface area contributed by atoms with Crippen LogP contribution in [-0.2, 0) is 14.3 Å². The number of hydrogen-bond acceptors (Lipinski definition) is 4. The Bertz CT molecular complexity index is 147. The van der Waals surface area contributed by atoms with E-state index in [2.05, 4.69) is 0 Å². The summed E-state index contributed by atoms with van der Waals surface area (Å²) < 4.78 is 9.56. The topological polar surface area (TPSA) is 55.8 Å². The lowest BCUT2D eigenvalue weighted by atomic mass is 10.0. The van der Waals surface area contributed by atoms with Crippen molar-refractivity contribution in [3.63, 3.8) is 0 Å². The zero-order chi connectivity index (χ0) is 10.3. The second-order valence-corrected chi connectivity index (χ2v) is 3.01. The smallest absolute Gasteiger partial charge is 0.308 e. The summed E-state index contributed by atoms with van der Waals surface area (Å²) in [5.74, 6) is -0.410. The largest absolute Gasteiger partial charge is 0.466 e. The minimum absolute atomic E-state index is 0.0400. The molecule has 0 saturated heterocycles. The molecule has 4 heteroatoms. The molecule has 0 aliphatic rings. The zero-order valence-corrected chi connectivity index (χ0v) is 8.45. The highest BCUT2D eigenvalue weighted by Crippen LogP contribution is 2.07. The standard InChI is InChI=1S/C9H18O4/c1-4-13-9(11)5-8(10)7(2)6-12-3/h7-8,10H,4-6H2,1-3H3. The molecule has 0 amide bonds. The van der Waals surface area contributed by atoms with Gasteiger partial charge in [-0.05, 0) is 6.92 Å². The van der Waals surface area contributed by atoms with E-state index in [0.29, 0.717) is 13.2 Å². The third-order valence-corrected chi connectivity index (χ3v) is 1.77. The van der Waals surface area contributed by atoms with Crippen molar-refractivity contribution in [1.82, 2.24) is 0 Å². The summed E-state index contributed by atoms with van der Waals surface area (Å²) in [5.41, 5.74) is 0. The van der Waals surface area contributed by atoms with Crippen molar-refractivity contribution in [1.29, 1.82) is 0 Å². The lowest BCUT2D eigenvalue weighted by Gasteiger charge is -2.16. The molecule has 0 heterocycles. The number of hydrogen-bond donors (Lipinski definition) is 1. The fourth-order valence-electron chi connectivity index (χ4n) is 0.966. The van der Waals surface area contributed by atoms with E-state index in [-0.39, 0.29) is 18.3 Å². The van der Waals surface area contributed by atoms with Gasteiger partial charge in [0.1, 0.15) is 0 Å². The maximum atomic E-state index is 10.9. The molecule has 0 aliphatic carbocycles. The van der Waals surface area contributed by atoms with Crippen LogP contribution in [0.4, 0.5) is 0 Å². The van der Waals surface area contributed by atoms with E-state index in [1.54, 1.807) is 14.0 Å². The number of esters is 1. The molecule has 0 rings (SSSR count). The van der Waals surface area contributed by atoms with Gasteiger partial charge in [0.25, 0.3) is 0 Å². The SMILES string of the molecule is CCOC(=O)CC(O)C(C)COC. The Morgan fingerprint density at radius 1 is 1.54 bits per heavy atom. The minimum atomic E-state index is -0.681. The maximum absolute atomic E-state index is 10.9. The lowest BCUT2D eigenvalue weighted by molar-refractivity contribution is -0.146. The first-order valence-corrected chi connectivity index (χ1v) is 4.44. The molecule has 0 aromatic rings. The summed E-state index contributed by atoms with van der Waals surface area (Å²) in [6, 6.07) is 0. The average molecular weight is 190 g/mol. The molecule has 0 aromatic heterocycles. The van der Waals surface area contributed by atoms with E-state index in [4.69, 9.17) is 9.47 Å². The lowest BCUT2D eigenvalue weighted by Crippen LogP contribution is -2.25. The van der Waals surface area contributed by atoms with Crippen molar-refractivity contribution in [3.05, 3.63) is 0 Å². The second-order valence-electron chi connectivity index (χ2n) is 3.01. The van der Waals surface area contributed by atoms with E-state index in [9.17, 15) is 9.90 Å². The number of rotatable bonds is 6. The number of ether oxygens (including phenoxy) is 2. The van der Waals surface area contributed by atoms with Crippen LogP contribution in [0.1, 0.15) is 20.3 Å². The quantitative estimate of drug-likeness (QED) is 0.622. The molecule has 0 saturated carbocycles. The third kappa shape index (κ3) is 5.60. The Kier molecular flexibility index (Phi) is 6.54. The summed E-state index contributed by atoms with van der Waals surface area (Å²) >= 11 is 0. The van der Waals surface area contributed by atoms with Crippen molar-refractivity contribution >= 4 is 5.97 Å². The van der Waals surface area contributed by atoms with Gasteiger partial charge in [-0.1, -0.05) is 6.92 Å². The predicted molar refractivity (Wildman–Crippen MR) is 48.3 cm³/mol. The molecule has 0 bridgehead atoms. The van der Waals surface area contributed by atoms with Crippen LogP contribution in [0.5, 0.6) is 0 Å². The van der Waals surface area contributed by atoms with Gasteiger partial charge in [0.15, 0.2) is 0 Å². The fourth-order valence-corrected chi connectivity index (χ4v) is 0.966. The van der Waals surface area contributed by atoms with Crippen molar-refractivity contribution in [3.8, 4) is 0 Å². The van der Waals surface area contributed by atoms with E-state index in [1.807, 2.05) is 6.92 Å². The minimum Gasteiger partial charge on any atom is -0.466 e. The summed E-state index contributed by atoms with van der Waals surface area (Å²) in [7, 11) is 1.56. The molecule has 13 heavy (non-hydrogen) atoms. The number of aliphatic hydroxyl groups is 1. The molecule has 0 radical (unpaired) electrons. The monoisotopic (exact) mass is 190 g/mol. The highest BCUT2D eigenvalue weighted by molar-refractivity contribution is 5.69. The number of carbonyl (C=O) groups is 1. The van der Waals surface area contributed by atoms with E-state index >= 15 is 0 Å². The van der Waals surface area contributed by atoms with E-state index < -0.39 is 6.10 Å². The van der Waals surface area contributed by atoms with Gasteiger partial charge in [-0.15, -0.1) is 0 Å². The molecular weight excluding hydrogens is 172 g/mol. The second kappa shape index (κ2) is 6.86. The van der Waals surface area contributed by atoms with Gasteiger partial charge in [-0.3, -0.25) is 4.79 Å². The molecule has 0 aliphatic heterocycles. The van der Waals surface area contributed by atoms with Gasteiger partial charge in [0.05, 0.1) is 25.7 Å². The fraction of sp³-hybridized carbons (Fsp3) is 0.889. The van der Waals surface area contributed by atoms with Crippen LogP contribution in [0, 0.1) is 5.92 Å². The van der Waals surface area contributed by atoms with Crippen molar-refractivity contribution in [2.24, 2.45) is 5.92 Å². The van der Waals surface area contributed by atoms with Crippen LogP contribution in [0.15, 0.2) is 0 Å². The maximum Gasteiger partial charge on any atom is 0.308 e. The third-order valence-electron chi connectivity index (χ3n) is 1.77. The molecule has 0 fully saturated rings. The Morgan fingerprint density at radius 2 is 2.15 bits per heavy atom. The Balaban J connectivity index is 3.71. The molecule has 78 valence electrons. The normalized spacial score (nSPS) is 15.1. The highest BCUT2D eigenvalue weighted by Gasteiger charge is 2.18. The molecular formula is C9H18O4. The van der Waals surface area contributed by atoms with Gasteiger partial charge < -0.3 is 14.6 Å². The summed E-state index contributed by atoms with van der Waals surface area (Å²) in [5, 5.41) is 9.47. The van der Waals surface area contributed by atoms with Gasteiger partial charge in [0, 0.05) is 13.0 Å². The Labute approximate surface area is 78.8 Å². The van der Waals surface area contributed by atoms with E-state index in [1.165, 1.54) is 0 Å². The van der Waals surface area contributed by atoms with Gasteiger partial charge in [-0.2, -0.15) is 0 Å². The first-order valence-electron chi connectivity index (χ1n) is 4.44. The number of methoxy groups -OCH3 is 1. The van der Waals surface area contributed by atoms with Gasteiger partial charge >= 0.3 is 5.97 Å². The molecule has 4 nitrogen and oxygen atoms in total. The van der Waals surface area contributed by atoms with E-state index in [0.717, 1.165) is 0 Å². The van der Waals surface area contributed by atoms with Gasteiger partial charge in [-0.25, -0.2) is 0 Å². The van der Waals surface area contributed by atoms with Crippen LogP contribution < -0.4 is 0 Å². The number of aliphatic hydroxyl groups excluding tert-OH is 1. The highest BCUT2D eigenvalue weighted by atomic mass is 16.5. The van der Waals surface area contributed by atoms with Gasteiger partial charge in [0.2, 0.25) is 0 Å². The molecule has 1 N–H and O–H groups in total. The molecule has 2 unspecified atom stereocenters. The number of carbonyl (C=O) groups excluding carboxylic acids is 1. The van der Waals surface area contributed by atoms with Crippen molar-refractivity contribution < 1.29 is 19.4 Å². The Morgan fingerprint density at radius 3 is 2.62 bits per heavy atom.